The van der Waals surface area contributed by atoms with Gasteiger partial charge in [-0.3, -0.25) is 9.69 Å². The van der Waals surface area contributed by atoms with Crippen molar-refractivity contribution in [1.29, 1.82) is 0 Å². The molecule has 6 heteroatoms. The van der Waals surface area contributed by atoms with Crippen LogP contribution in [0.5, 0.6) is 0 Å². The number of nitrogens with one attached hydrogen (secondary N) is 1. The summed E-state index contributed by atoms with van der Waals surface area (Å²) in [6.07, 6.45) is 0. The maximum Gasteiger partial charge on any atom is 0.241 e. The van der Waals surface area contributed by atoms with E-state index in [-0.39, 0.29) is 11.9 Å². The van der Waals surface area contributed by atoms with E-state index in [9.17, 15) is 4.79 Å². The molecule has 0 saturated heterocycles. The van der Waals surface area contributed by atoms with E-state index in [2.05, 4.69) is 5.32 Å². The van der Waals surface area contributed by atoms with Crippen LogP contribution in [0.25, 0.3) is 0 Å². The Morgan fingerprint density at radius 1 is 1.09 bits per heavy atom. The van der Waals surface area contributed by atoms with Gasteiger partial charge in [-0.25, -0.2) is 0 Å². The lowest BCUT2D eigenvalue weighted by Gasteiger charge is -2.24. The highest BCUT2D eigenvalue weighted by Crippen LogP contribution is 2.25. The maximum atomic E-state index is 12.4. The van der Waals surface area contributed by atoms with E-state index in [1.54, 1.807) is 18.2 Å². The Morgan fingerprint density at radius 2 is 1.70 bits per heavy atom. The van der Waals surface area contributed by atoms with Crippen LogP contribution in [0.4, 0.5) is 5.69 Å². The van der Waals surface area contributed by atoms with Gasteiger partial charge in [-0.2, -0.15) is 0 Å². The van der Waals surface area contributed by atoms with Crippen LogP contribution in [0.15, 0.2) is 42.5 Å². The molecule has 0 heterocycles. The largest absolute Gasteiger partial charge is 0.323 e. The third-order valence-corrected chi connectivity index (χ3v) is 4.39. The van der Waals surface area contributed by atoms with Crippen LogP contribution in [0.2, 0.25) is 15.1 Å². The number of amides is 1. The number of hydrogen-bond donors (Lipinski definition) is 1. The van der Waals surface area contributed by atoms with Gasteiger partial charge in [-0.05, 0) is 49.9 Å². The van der Waals surface area contributed by atoms with Crippen molar-refractivity contribution in [1.82, 2.24) is 4.90 Å². The molecule has 1 N–H and O–H groups in total. The Kier molecular flexibility index (Phi) is 6.31. The molecule has 0 aliphatic carbocycles. The fraction of sp³-hybridized carbons (Fsp3) is 0.235. The molecule has 122 valence electrons. The minimum Gasteiger partial charge on any atom is -0.323 e. The minimum atomic E-state index is -0.333. The summed E-state index contributed by atoms with van der Waals surface area (Å²) in [6, 6.07) is 12.2. The molecule has 0 radical (unpaired) electrons. The van der Waals surface area contributed by atoms with Crippen molar-refractivity contribution in [3.05, 3.63) is 63.1 Å². The number of nitrogens with zero attached hydrogens (tertiary/aromatic N) is 1. The summed E-state index contributed by atoms with van der Waals surface area (Å²) in [5.41, 5.74) is 1.59. The van der Waals surface area contributed by atoms with Crippen molar-refractivity contribution < 1.29 is 4.79 Å². The van der Waals surface area contributed by atoms with Crippen LogP contribution in [-0.4, -0.2) is 23.9 Å². The van der Waals surface area contributed by atoms with Crippen molar-refractivity contribution in [2.45, 2.75) is 19.5 Å². The lowest BCUT2D eigenvalue weighted by molar-refractivity contribution is -0.120. The molecule has 0 aliphatic heterocycles. The van der Waals surface area contributed by atoms with E-state index < -0.39 is 0 Å². The summed E-state index contributed by atoms with van der Waals surface area (Å²) >= 11 is 17.9. The van der Waals surface area contributed by atoms with Gasteiger partial charge in [0.1, 0.15) is 0 Å². The number of benzene rings is 2. The number of carbonyl (C=O) groups is 1. The molecule has 23 heavy (non-hydrogen) atoms. The molecule has 0 aromatic heterocycles. The highest BCUT2D eigenvalue weighted by molar-refractivity contribution is 6.35. The third-order valence-electron chi connectivity index (χ3n) is 3.57. The van der Waals surface area contributed by atoms with E-state index >= 15 is 0 Å². The molecule has 0 spiro atoms. The predicted molar refractivity (Wildman–Crippen MR) is 97.5 cm³/mol. The van der Waals surface area contributed by atoms with Crippen LogP contribution in [0, 0.1) is 0 Å². The number of halogens is 3. The Balaban J connectivity index is 2.00. The van der Waals surface area contributed by atoms with E-state index in [0.29, 0.717) is 27.3 Å². The van der Waals surface area contributed by atoms with Gasteiger partial charge in [0.25, 0.3) is 0 Å². The summed E-state index contributed by atoms with van der Waals surface area (Å²) in [4.78, 5) is 14.3. The molecular formula is C17H17Cl3N2O. The topological polar surface area (TPSA) is 32.3 Å². The molecule has 0 bridgehead atoms. The van der Waals surface area contributed by atoms with Gasteiger partial charge >= 0.3 is 0 Å². The number of anilines is 1. The van der Waals surface area contributed by atoms with E-state index in [0.717, 1.165) is 5.56 Å². The van der Waals surface area contributed by atoms with Gasteiger partial charge < -0.3 is 5.32 Å². The number of hydrogen-bond acceptors (Lipinski definition) is 2. The first-order chi connectivity index (χ1) is 10.9. The average Bonchev–Trinajstić information content (AvgIpc) is 2.52. The molecule has 2 aromatic rings. The fourth-order valence-corrected chi connectivity index (χ4v) is 2.51. The molecule has 2 aromatic carbocycles. The van der Waals surface area contributed by atoms with E-state index in [1.165, 1.54) is 0 Å². The Bertz CT molecular complexity index is 689. The van der Waals surface area contributed by atoms with E-state index in [4.69, 9.17) is 34.8 Å². The maximum absolute atomic E-state index is 12.4. The molecule has 0 unspecified atom stereocenters. The average molecular weight is 372 g/mol. The van der Waals surface area contributed by atoms with Crippen molar-refractivity contribution in [3.8, 4) is 0 Å². The molecule has 0 saturated carbocycles. The summed E-state index contributed by atoms with van der Waals surface area (Å²) in [5.74, 6) is -0.148. The number of likely N-dealkylation sites (N-methyl/N-ethyl adjacent to an activating group) is 1. The van der Waals surface area contributed by atoms with Crippen molar-refractivity contribution in [3.63, 3.8) is 0 Å². The first kappa shape index (κ1) is 18.1. The summed E-state index contributed by atoms with van der Waals surface area (Å²) in [5, 5.41) is 4.48. The lowest BCUT2D eigenvalue weighted by atomic mass is 10.2. The van der Waals surface area contributed by atoms with Crippen LogP contribution < -0.4 is 5.32 Å². The quantitative estimate of drug-likeness (QED) is 0.792. The third kappa shape index (κ3) is 5.11. The second-order valence-corrected chi connectivity index (χ2v) is 6.61. The zero-order chi connectivity index (χ0) is 17.0. The first-order valence-electron chi connectivity index (χ1n) is 7.07. The van der Waals surface area contributed by atoms with Gasteiger partial charge in [-0.1, -0.05) is 46.9 Å². The van der Waals surface area contributed by atoms with Crippen LogP contribution >= 0.6 is 34.8 Å². The van der Waals surface area contributed by atoms with Gasteiger partial charge in [0.2, 0.25) is 5.91 Å². The minimum absolute atomic E-state index is 0.148. The molecule has 2 rings (SSSR count). The lowest BCUT2D eigenvalue weighted by Crippen LogP contribution is -2.39. The molecule has 3 nitrogen and oxygen atoms in total. The molecule has 0 aliphatic rings. The van der Waals surface area contributed by atoms with Crippen LogP contribution in [0.3, 0.4) is 0 Å². The Labute approximate surface area is 151 Å². The van der Waals surface area contributed by atoms with Gasteiger partial charge in [0.05, 0.1) is 16.8 Å². The second kappa shape index (κ2) is 8.02. The fourth-order valence-electron chi connectivity index (χ4n) is 2.05. The standard InChI is InChI=1S/C17H17Cl3N2O/c1-11(22(2)10-12-3-5-13(18)6-4-12)17(23)21-16-9-14(19)7-8-15(16)20/h3-9,11H,10H2,1-2H3,(H,21,23)/t11-/m1/s1. The normalized spacial score (nSPS) is 12.3. The number of rotatable bonds is 5. The Hall–Kier alpha value is -1.26. The molecule has 1 amide bonds. The van der Waals surface area contributed by atoms with Gasteiger partial charge in [0.15, 0.2) is 0 Å². The smallest absolute Gasteiger partial charge is 0.241 e. The molecule has 0 fully saturated rings. The van der Waals surface area contributed by atoms with Gasteiger partial charge in [0, 0.05) is 16.6 Å². The number of carbonyl (C=O) groups excluding carboxylic acids is 1. The zero-order valence-electron chi connectivity index (χ0n) is 12.8. The predicted octanol–water partition coefficient (Wildman–Crippen LogP) is 5.11. The highest BCUT2D eigenvalue weighted by Gasteiger charge is 2.19. The van der Waals surface area contributed by atoms with Gasteiger partial charge in [-0.15, -0.1) is 0 Å². The summed E-state index contributed by atoms with van der Waals surface area (Å²) < 4.78 is 0. The monoisotopic (exact) mass is 370 g/mol. The molecular weight excluding hydrogens is 355 g/mol. The first-order valence-corrected chi connectivity index (χ1v) is 8.21. The second-order valence-electron chi connectivity index (χ2n) is 5.33. The van der Waals surface area contributed by atoms with Crippen molar-refractivity contribution in [2.75, 3.05) is 12.4 Å². The summed E-state index contributed by atoms with van der Waals surface area (Å²) in [6.45, 7) is 2.47. The van der Waals surface area contributed by atoms with Crippen molar-refractivity contribution in [2.24, 2.45) is 0 Å². The highest BCUT2D eigenvalue weighted by atomic mass is 35.5. The van der Waals surface area contributed by atoms with Crippen LogP contribution in [-0.2, 0) is 11.3 Å². The molecule has 1 atom stereocenters. The summed E-state index contributed by atoms with van der Waals surface area (Å²) in [7, 11) is 1.89. The zero-order valence-corrected chi connectivity index (χ0v) is 15.1. The van der Waals surface area contributed by atoms with Crippen molar-refractivity contribution >= 4 is 46.4 Å². The van der Waals surface area contributed by atoms with Crippen LogP contribution in [0.1, 0.15) is 12.5 Å². The van der Waals surface area contributed by atoms with E-state index in [1.807, 2.05) is 43.1 Å². The SMILES string of the molecule is C[C@H](C(=O)Nc1cc(Cl)ccc1Cl)N(C)Cc1ccc(Cl)cc1. The Morgan fingerprint density at radius 3 is 2.35 bits per heavy atom.